The zero-order chi connectivity index (χ0) is 14.9. The van der Waals surface area contributed by atoms with Crippen LogP contribution in [-0.2, 0) is 19.9 Å². The van der Waals surface area contributed by atoms with Gasteiger partial charge in [0.15, 0.2) is 5.84 Å². The van der Waals surface area contributed by atoms with Gasteiger partial charge in [0, 0.05) is 0 Å². The Kier molecular flexibility index (Phi) is 4.47. The molecule has 0 aromatic heterocycles. The molecule has 0 amide bonds. The SMILES string of the molecule is CC(C)(NS(=O)(=O)C1CCS(=O)(=O)CC1)C(N)=NO. The summed E-state index contributed by atoms with van der Waals surface area (Å²) in [5, 5.41) is 10.6. The van der Waals surface area contributed by atoms with Crippen molar-refractivity contribution in [2.24, 2.45) is 10.9 Å². The fraction of sp³-hybridized carbons (Fsp3) is 0.889. The maximum Gasteiger partial charge on any atom is 0.215 e. The number of amidine groups is 1. The van der Waals surface area contributed by atoms with Crippen LogP contribution in [0.1, 0.15) is 26.7 Å². The van der Waals surface area contributed by atoms with Gasteiger partial charge in [0.2, 0.25) is 10.0 Å². The molecule has 0 aromatic carbocycles. The van der Waals surface area contributed by atoms with Gasteiger partial charge in [-0.05, 0) is 26.7 Å². The number of hydrogen-bond acceptors (Lipinski definition) is 6. The Hall–Kier alpha value is -0.870. The number of oxime groups is 1. The van der Waals surface area contributed by atoms with Crippen molar-refractivity contribution in [2.75, 3.05) is 11.5 Å². The third-order valence-electron chi connectivity index (χ3n) is 3.09. The third kappa shape index (κ3) is 4.05. The summed E-state index contributed by atoms with van der Waals surface area (Å²) in [7, 11) is -6.85. The minimum absolute atomic E-state index is 0.0594. The van der Waals surface area contributed by atoms with E-state index in [-0.39, 0.29) is 30.2 Å². The van der Waals surface area contributed by atoms with E-state index in [1.54, 1.807) is 0 Å². The van der Waals surface area contributed by atoms with Crippen LogP contribution in [0, 0.1) is 0 Å². The molecule has 1 heterocycles. The first-order valence-electron chi connectivity index (χ1n) is 5.71. The number of hydrogen-bond donors (Lipinski definition) is 3. The second-order valence-corrected chi connectivity index (χ2v) is 9.37. The molecule has 1 aliphatic heterocycles. The highest BCUT2D eigenvalue weighted by Gasteiger charge is 2.37. The number of rotatable bonds is 4. The molecule has 4 N–H and O–H groups in total. The number of nitrogens with two attached hydrogens (primary N) is 1. The second kappa shape index (κ2) is 5.25. The first-order valence-corrected chi connectivity index (χ1v) is 9.08. The Balaban J connectivity index is 2.84. The fourth-order valence-corrected chi connectivity index (χ4v) is 5.42. The second-order valence-electron chi connectivity index (χ2n) is 5.11. The van der Waals surface area contributed by atoms with E-state index in [1.165, 1.54) is 13.8 Å². The standard InChI is InChI=1S/C9H19N3O5S2/c1-9(2,8(10)11-13)12-19(16,17)7-3-5-18(14,15)6-4-7/h7,12-13H,3-6H2,1-2H3,(H2,10,11). The van der Waals surface area contributed by atoms with Gasteiger partial charge < -0.3 is 10.9 Å². The van der Waals surface area contributed by atoms with Gasteiger partial charge >= 0.3 is 0 Å². The fourth-order valence-electron chi connectivity index (χ4n) is 1.79. The van der Waals surface area contributed by atoms with Crippen LogP contribution in [-0.4, -0.2) is 50.2 Å². The van der Waals surface area contributed by atoms with Crippen LogP contribution in [0.25, 0.3) is 0 Å². The highest BCUT2D eigenvalue weighted by atomic mass is 32.2. The lowest BCUT2D eigenvalue weighted by molar-refractivity contribution is 0.312. The normalized spacial score (nSPS) is 22.3. The molecule has 0 bridgehead atoms. The van der Waals surface area contributed by atoms with E-state index in [9.17, 15) is 16.8 Å². The first kappa shape index (κ1) is 16.2. The van der Waals surface area contributed by atoms with E-state index in [4.69, 9.17) is 10.9 Å². The molecule has 0 saturated carbocycles. The Labute approximate surface area is 113 Å². The molecule has 0 atom stereocenters. The average Bonchev–Trinajstić information content (AvgIpc) is 2.25. The van der Waals surface area contributed by atoms with Crippen molar-refractivity contribution in [1.82, 2.24) is 4.72 Å². The molecule has 1 aliphatic rings. The molecule has 0 unspecified atom stereocenters. The van der Waals surface area contributed by atoms with E-state index in [0.29, 0.717) is 0 Å². The first-order chi connectivity index (χ1) is 8.50. The molecule has 19 heavy (non-hydrogen) atoms. The number of nitrogens with one attached hydrogen (secondary N) is 1. The molecule has 112 valence electrons. The quantitative estimate of drug-likeness (QED) is 0.263. The molecule has 8 nitrogen and oxygen atoms in total. The van der Waals surface area contributed by atoms with Gasteiger partial charge in [0.05, 0.1) is 22.3 Å². The maximum absolute atomic E-state index is 12.1. The van der Waals surface area contributed by atoms with Crippen LogP contribution in [0.15, 0.2) is 5.16 Å². The minimum Gasteiger partial charge on any atom is -0.409 e. The summed E-state index contributed by atoms with van der Waals surface area (Å²) in [6.45, 7) is 2.92. The van der Waals surface area contributed by atoms with Crippen LogP contribution in [0.5, 0.6) is 0 Å². The van der Waals surface area contributed by atoms with Gasteiger partial charge in [-0.1, -0.05) is 5.16 Å². The maximum atomic E-state index is 12.1. The van der Waals surface area contributed by atoms with Gasteiger partial charge in [-0.15, -0.1) is 0 Å². The van der Waals surface area contributed by atoms with E-state index in [1.807, 2.05) is 0 Å². The summed E-state index contributed by atoms with van der Waals surface area (Å²) >= 11 is 0. The minimum atomic E-state index is -3.73. The van der Waals surface area contributed by atoms with Crippen LogP contribution in [0.2, 0.25) is 0 Å². The Morgan fingerprint density at radius 1 is 1.37 bits per heavy atom. The van der Waals surface area contributed by atoms with Gasteiger partial charge in [-0.2, -0.15) is 0 Å². The highest BCUT2D eigenvalue weighted by Crippen LogP contribution is 2.20. The van der Waals surface area contributed by atoms with Crippen LogP contribution in [0.4, 0.5) is 0 Å². The molecule has 0 aromatic rings. The van der Waals surface area contributed by atoms with Crippen molar-refractivity contribution >= 4 is 25.7 Å². The molecule has 1 fully saturated rings. The average molecular weight is 313 g/mol. The largest absolute Gasteiger partial charge is 0.409 e. The predicted octanol–water partition coefficient (Wildman–Crippen LogP) is -0.992. The summed E-state index contributed by atoms with van der Waals surface area (Å²) in [6, 6.07) is 0. The lowest BCUT2D eigenvalue weighted by Gasteiger charge is -2.29. The van der Waals surface area contributed by atoms with E-state index >= 15 is 0 Å². The summed E-state index contributed by atoms with van der Waals surface area (Å²) in [4.78, 5) is 0. The highest BCUT2D eigenvalue weighted by molar-refractivity contribution is 7.92. The lowest BCUT2D eigenvalue weighted by atomic mass is 10.1. The molecule has 0 radical (unpaired) electrons. The monoisotopic (exact) mass is 313 g/mol. The summed E-state index contributed by atoms with van der Waals surface area (Å²) in [5.74, 6) is -0.537. The van der Waals surface area contributed by atoms with Crippen molar-refractivity contribution in [3.05, 3.63) is 0 Å². The van der Waals surface area contributed by atoms with Gasteiger partial charge in [-0.25, -0.2) is 21.6 Å². The van der Waals surface area contributed by atoms with Gasteiger partial charge in [0.25, 0.3) is 0 Å². The number of sulfone groups is 1. The molecule has 10 heteroatoms. The molecule has 1 rings (SSSR count). The molecule has 0 spiro atoms. The number of sulfonamides is 1. The zero-order valence-corrected chi connectivity index (χ0v) is 12.5. The summed E-state index contributed by atoms with van der Waals surface area (Å²) < 4.78 is 49.2. The van der Waals surface area contributed by atoms with E-state index < -0.39 is 30.6 Å². The van der Waals surface area contributed by atoms with E-state index in [2.05, 4.69) is 9.88 Å². The molecule has 1 saturated heterocycles. The number of nitrogens with zero attached hydrogens (tertiary/aromatic N) is 1. The van der Waals surface area contributed by atoms with Crippen molar-refractivity contribution in [1.29, 1.82) is 0 Å². The van der Waals surface area contributed by atoms with Crippen LogP contribution in [0.3, 0.4) is 0 Å². The van der Waals surface area contributed by atoms with Gasteiger partial charge in [0.1, 0.15) is 9.84 Å². The van der Waals surface area contributed by atoms with Crippen molar-refractivity contribution in [3.63, 3.8) is 0 Å². The van der Waals surface area contributed by atoms with Crippen molar-refractivity contribution in [2.45, 2.75) is 37.5 Å². The van der Waals surface area contributed by atoms with Crippen molar-refractivity contribution < 1.29 is 22.0 Å². The van der Waals surface area contributed by atoms with Gasteiger partial charge in [-0.3, -0.25) is 0 Å². The van der Waals surface area contributed by atoms with E-state index in [0.717, 1.165) is 0 Å². The molecule has 0 aliphatic carbocycles. The Morgan fingerprint density at radius 3 is 2.26 bits per heavy atom. The predicted molar refractivity (Wildman–Crippen MR) is 71.2 cm³/mol. The summed E-state index contributed by atoms with van der Waals surface area (Å²) in [5.41, 5.74) is 4.18. The smallest absolute Gasteiger partial charge is 0.215 e. The Morgan fingerprint density at radius 2 is 1.84 bits per heavy atom. The van der Waals surface area contributed by atoms with Crippen LogP contribution < -0.4 is 10.5 Å². The molecular weight excluding hydrogens is 294 g/mol. The zero-order valence-electron chi connectivity index (χ0n) is 10.8. The lowest BCUT2D eigenvalue weighted by Crippen LogP contribution is -2.55. The summed E-state index contributed by atoms with van der Waals surface area (Å²) in [6.07, 6.45) is 0.119. The van der Waals surface area contributed by atoms with Crippen LogP contribution >= 0.6 is 0 Å². The molecular formula is C9H19N3O5S2. The Bertz CT molecular complexity index is 551. The van der Waals surface area contributed by atoms with Crippen molar-refractivity contribution in [3.8, 4) is 0 Å². The topological polar surface area (TPSA) is 139 Å². The third-order valence-corrected chi connectivity index (χ3v) is 6.95.